The van der Waals surface area contributed by atoms with Crippen molar-refractivity contribution in [3.05, 3.63) is 39.1 Å². The number of carbonyl (C=O) groups is 2. The van der Waals surface area contributed by atoms with Crippen molar-refractivity contribution in [1.82, 2.24) is 19.4 Å². The maximum absolute atomic E-state index is 13.8. The molecule has 2 aliphatic heterocycles. The van der Waals surface area contributed by atoms with Crippen molar-refractivity contribution in [2.45, 2.75) is 45.2 Å². The number of fused-ring (bicyclic) bond motifs is 1. The van der Waals surface area contributed by atoms with Crippen molar-refractivity contribution < 1.29 is 9.59 Å². The van der Waals surface area contributed by atoms with Crippen LogP contribution in [0.25, 0.3) is 20.7 Å². The van der Waals surface area contributed by atoms with E-state index in [2.05, 4.69) is 4.90 Å². The first-order valence-corrected chi connectivity index (χ1v) is 13.6. The predicted molar refractivity (Wildman–Crippen MR) is 135 cm³/mol. The number of nitrogens with two attached hydrogens (primary N) is 1. The molecule has 0 bridgehead atoms. The summed E-state index contributed by atoms with van der Waals surface area (Å²) in [5.41, 5.74) is 6.18. The number of amides is 2. The average molecular weight is 500 g/mol. The van der Waals surface area contributed by atoms with Gasteiger partial charge in [0.25, 0.3) is 5.56 Å². The van der Waals surface area contributed by atoms with E-state index in [0.29, 0.717) is 43.7 Å². The van der Waals surface area contributed by atoms with Crippen LogP contribution in [-0.4, -0.2) is 57.3 Å². The maximum Gasteiger partial charge on any atom is 0.263 e. The van der Waals surface area contributed by atoms with Crippen LogP contribution in [0.15, 0.2) is 27.7 Å². The van der Waals surface area contributed by atoms with Gasteiger partial charge in [0, 0.05) is 34.8 Å². The highest BCUT2D eigenvalue weighted by Gasteiger charge is 2.27. The molecule has 2 fully saturated rings. The lowest BCUT2D eigenvalue weighted by Gasteiger charge is -2.31. The van der Waals surface area contributed by atoms with Gasteiger partial charge in [0.2, 0.25) is 11.8 Å². The highest BCUT2D eigenvalue weighted by Crippen LogP contribution is 2.34. The Morgan fingerprint density at radius 2 is 1.85 bits per heavy atom. The lowest BCUT2D eigenvalue weighted by molar-refractivity contribution is -0.135. The fourth-order valence-corrected chi connectivity index (χ4v) is 6.70. The van der Waals surface area contributed by atoms with Gasteiger partial charge in [-0.1, -0.05) is 12.5 Å². The van der Waals surface area contributed by atoms with Gasteiger partial charge in [-0.15, -0.1) is 22.7 Å². The Bertz CT molecular complexity index is 1240. The van der Waals surface area contributed by atoms with Crippen molar-refractivity contribution in [2.75, 3.05) is 26.2 Å². The molecule has 0 spiro atoms. The number of nitrogens with zero attached hydrogens (tertiary/aromatic N) is 4. The molecule has 2 amide bonds. The molecule has 3 aromatic heterocycles. The van der Waals surface area contributed by atoms with E-state index in [-0.39, 0.29) is 29.8 Å². The summed E-state index contributed by atoms with van der Waals surface area (Å²) in [5.74, 6) is 0.0530. The number of primary amides is 1. The smallest absolute Gasteiger partial charge is 0.263 e. The Balaban J connectivity index is 1.48. The van der Waals surface area contributed by atoms with Gasteiger partial charge in [-0.25, -0.2) is 4.98 Å². The number of hydrogen-bond acceptors (Lipinski definition) is 7. The fourth-order valence-electron chi connectivity index (χ4n) is 4.93. The summed E-state index contributed by atoms with van der Waals surface area (Å²) in [6.07, 6.45) is 4.65. The molecule has 0 saturated carbocycles. The molecule has 0 unspecified atom stereocenters. The largest absolute Gasteiger partial charge is 0.369 e. The molecule has 2 aliphatic rings. The van der Waals surface area contributed by atoms with Crippen molar-refractivity contribution in [3.63, 3.8) is 0 Å². The molecule has 10 heteroatoms. The van der Waals surface area contributed by atoms with Crippen molar-refractivity contribution in [2.24, 2.45) is 11.7 Å². The monoisotopic (exact) mass is 499 g/mol. The van der Waals surface area contributed by atoms with Crippen LogP contribution >= 0.6 is 22.7 Å². The lowest BCUT2D eigenvalue weighted by Crippen LogP contribution is -2.44. The minimum absolute atomic E-state index is 0.0358. The van der Waals surface area contributed by atoms with Gasteiger partial charge in [0.05, 0.1) is 11.9 Å². The zero-order chi connectivity index (χ0) is 23.7. The van der Waals surface area contributed by atoms with E-state index < -0.39 is 0 Å². The second-order valence-electron chi connectivity index (χ2n) is 9.12. The first-order chi connectivity index (χ1) is 16.5. The van der Waals surface area contributed by atoms with Crippen LogP contribution in [0.5, 0.6) is 0 Å². The Hall–Kier alpha value is -2.56. The summed E-state index contributed by atoms with van der Waals surface area (Å²) < 4.78 is 1.59. The van der Waals surface area contributed by atoms with Crippen LogP contribution in [-0.2, 0) is 22.7 Å². The number of piperidine rings is 2. The summed E-state index contributed by atoms with van der Waals surface area (Å²) in [7, 11) is 0. The molecule has 0 aromatic carbocycles. The summed E-state index contributed by atoms with van der Waals surface area (Å²) in [6.45, 7) is 3.45. The van der Waals surface area contributed by atoms with E-state index in [0.717, 1.165) is 41.2 Å². The highest BCUT2D eigenvalue weighted by molar-refractivity contribution is 7.18. The van der Waals surface area contributed by atoms with Crippen molar-refractivity contribution in [3.8, 4) is 10.4 Å². The molecular weight excluding hydrogens is 470 g/mol. The van der Waals surface area contributed by atoms with E-state index in [4.69, 9.17) is 10.7 Å². The van der Waals surface area contributed by atoms with Crippen LogP contribution in [0, 0.1) is 5.92 Å². The molecule has 2 saturated heterocycles. The quantitative estimate of drug-likeness (QED) is 0.562. The first-order valence-electron chi connectivity index (χ1n) is 11.9. The molecule has 34 heavy (non-hydrogen) atoms. The summed E-state index contributed by atoms with van der Waals surface area (Å²) in [6, 6.07) is 3.98. The second-order valence-corrected chi connectivity index (χ2v) is 10.9. The molecule has 3 aromatic rings. The number of hydrogen-bond donors (Lipinski definition) is 1. The van der Waals surface area contributed by atoms with E-state index in [1.54, 1.807) is 20.8 Å². The summed E-state index contributed by atoms with van der Waals surface area (Å²) in [4.78, 5) is 49.3. The Morgan fingerprint density at radius 3 is 2.53 bits per heavy atom. The van der Waals surface area contributed by atoms with Gasteiger partial charge < -0.3 is 10.6 Å². The number of aromatic nitrogens is 2. The molecule has 0 atom stereocenters. The van der Waals surface area contributed by atoms with Crippen LogP contribution in [0.3, 0.4) is 0 Å². The van der Waals surface area contributed by atoms with Crippen LogP contribution < -0.4 is 11.3 Å². The molecule has 0 radical (unpaired) electrons. The predicted octanol–water partition coefficient (Wildman–Crippen LogP) is 2.90. The average Bonchev–Trinajstić information content (AvgIpc) is 3.52. The molecular formula is C24H29N5O3S2. The van der Waals surface area contributed by atoms with E-state index in [1.165, 1.54) is 17.8 Å². The number of thiophene rings is 2. The van der Waals surface area contributed by atoms with E-state index >= 15 is 0 Å². The molecule has 0 aliphatic carbocycles. The van der Waals surface area contributed by atoms with Crippen LogP contribution in [0.4, 0.5) is 0 Å². The van der Waals surface area contributed by atoms with Gasteiger partial charge in [-0.05, 0) is 50.2 Å². The second kappa shape index (κ2) is 9.97. The van der Waals surface area contributed by atoms with Crippen LogP contribution in [0.2, 0.25) is 0 Å². The van der Waals surface area contributed by atoms with Gasteiger partial charge in [-0.2, -0.15) is 0 Å². The maximum atomic E-state index is 13.8. The highest BCUT2D eigenvalue weighted by atomic mass is 32.1. The molecule has 8 nitrogen and oxygen atoms in total. The zero-order valence-corrected chi connectivity index (χ0v) is 20.7. The van der Waals surface area contributed by atoms with E-state index in [1.807, 2.05) is 22.9 Å². The van der Waals surface area contributed by atoms with Gasteiger partial charge in [-0.3, -0.25) is 23.9 Å². The molecule has 180 valence electrons. The van der Waals surface area contributed by atoms with Gasteiger partial charge >= 0.3 is 0 Å². The Labute approximate surface area is 206 Å². The van der Waals surface area contributed by atoms with Crippen molar-refractivity contribution >= 4 is 44.7 Å². The summed E-state index contributed by atoms with van der Waals surface area (Å²) in [5, 5.41) is 4.58. The Morgan fingerprint density at radius 1 is 1.09 bits per heavy atom. The first kappa shape index (κ1) is 23.2. The third-order valence-corrected chi connectivity index (χ3v) is 8.69. The minimum Gasteiger partial charge on any atom is -0.369 e. The normalized spacial score (nSPS) is 17.9. The van der Waals surface area contributed by atoms with Crippen LogP contribution in [0.1, 0.15) is 37.9 Å². The number of rotatable bonds is 6. The standard InChI is InChI=1S/C24H29N5O3S2/c25-22(31)16-6-10-28(11-7-16)20(30)14-29-19(13-27-8-2-1-3-9-27)26-23-21(24(29)32)17(15-34-23)18-5-4-12-33-18/h4-5,12,15-16H,1-3,6-11,13-14H2,(H2,25,31). The molecule has 5 rings (SSSR count). The summed E-state index contributed by atoms with van der Waals surface area (Å²) >= 11 is 3.08. The SMILES string of the molecule is NC(=O)C1CCN(C(=O)Cn2c(CN3CCCCC3)nc3scc(-c4cccs4)c3c2=O)CC1. The number of carbonyl (C=O) groups excluding carboxylic acids is 2. The number of likely N-dealkylation sites (tertiary alicyclic amines) is 2. The van der Waals surface area contributed by atoms with Gasteiger partial charge in [0.1, 0.15) is 17.2 Å². The fraction of sp³-hybridized carbons (Fsp3) is 0.500. The molecule has 5 heterocycles. The minimum atomic E-state index is -0.305. The lowest BCUT2D eigenvalue weighted by atomic mass is 9.96. The molecule has 2 N–H and O–H groups in total. The topological polar surface area (TPSA) is 102 Å². The third-order valence-electron chi connectivity index (χ3n) is 6.92. The van der Waals surface area contributed by atoms with Crippen molar-refractivity contribution in [1.29, 1.82) is 0 Å². The van der Waals surface area contributed by atoms with E-state index in [9.17, 15) is 14.4 Å². The Kier molecular flexibility index (Phi) is 6.80. The van der Waals surface area contributed by atoms with Gasteiger partial charge in [0.15, 0.2) is 0 Å². The third kappa shape index (κ3) is 4.67. The zero-order valence-electron chi connectivity index (χ0n) is 19.1.